The highest BCUT2D eigenvalue weighted by Crippen LogP contribution is 2.11. The average Bonchev–Trinajstić information content (AvgIpc) is 2.54. The van der Waals surface area contributed by atoms with Gasteiger partial charge >= 0.3 is 0 Å². The van der Waals surface area contributed by atoms with Crippen molar-refractivity contribution in [3.8, 4) is 0 Å². The summed E-state index contributed by atoms with van der Waals surface area (Å²) < 4.78 is 0. The van der Waals surface area contributed by atoms with Crippen molar-refractivity contribution in [2.45, 2.75) is 27.7 Å². The van der Waals surface area contributed by atoms with Crippen LogP contribution in [0.15, 0.2) is 37.4 Å². The molecule has 0 saturated carbocycles. The smallest absolute Gasteiger partial charge is 0.0105 e. The first kappa shape index (κ1) is 17.9. The fourth-order valence-corrected chi connectivity index (χ4v) is 2.09. The number of hydrogen-bond acceptors (Lipinski definition) is 0. The molecule has 0 radical (unpaired) electrons. The number of rotatable bonds is 2. The quantitative estimate of drug-likeness (QED) is 0.717. The third-order valence-electron chi connectivity index (χ3n) is 2.93. The van der Waals surface area contributed by atoms with Crippen LogP contribution in [0, 0.1) is 0 Å². The van der Waals surface area contributed by atoms with Crippen LogP contribution < -0.4 is 10.4 Å². The van der Waals surface area contributed by atoms with E-state index in [0.29, 0.717) is 0 Å². The topological polar surface area (TPSA) is 0 Å². The van der Waals surface area contributed by atoms with Crippen LogP contribution in [0.3, 0.4) is 0 Å². The van der Waals surface area contributed by atoms with Crippen LogP contribution in [-0.2, 0) is 0 Å². The van der Waals surface area contributed by atoms with Crippen LogP contribution in [0.2, 0.25) is 0 Å². The van der Waals surface area contributed by atoms with Crippen molar-refractivity contribution < 1.29 is 0 Å². The molecule has 0 atom stereocenters. The minimum Gasteiger partial charge on any atom is -0.0984 e. The van der Waals surface area contributed by atoms with E-state index >= 15 is 0 Å². The Bertz CT molecular complexity index is 615. The van der Waals surface area contributed by atoms with Gasteiger partial charge in [0.05, 0.1) is 0 Å². The minimum atomic E-state index is 0.993. The lowest BCUT2D eigenvalue weighted by Crippen LogP contribution is -2.17. The van der Waals surface area contributed by atoms with E-state index in [-0.39, 0.29) is 0 Å². The van der Waals surface area contributed by atoms with E-state index in [2.05, 4.69) is 38.4 Å². The number of hydrogen-bond donors (Lipinski definition) is 0. The highest BCUT2D eigenvalue weighted by molar-refractivity contribution is 5.89. The predicted octanol–water partition coefficient (Wildman–Crippen LogP) is 5.00. The molecule has 0 aliphatic heterocycles. The Morgan fingerprint density at radius 1 is 0.700 bits per heavy atom. The van der Waals surface area contributed by atoms with Crippen LogP contribution in [0.1, 0.15) is 38.8 Å². The number of benzene rings is 2. The summed E-state index contributed by atoms with van der Waals surface area (Å²) >= 11 is 0. The van der Waals surface area contributed by atoms with Crippen molar-refractivity contribution in [2.24, 2.45) is 0 Å². The summed E-state index contributed by atoms with van der Waals surface area (Å²) in [4.78, 5) is 0. The largest absolute Gasteiger partial charge is 0.0984 e. The summed E-state index contributed by atoms with van der Waals surface area (Å²) in [5.41, 5.74) is 2.05. The molecule has 0 fully saturated rings. The Hall–Kier alpha value is -2.08. The van der Waals surface area contributed by atoms with E-state index in [4.69, 9.17) is 0 Å². The molecule has 0 spiro atoms. The number of fused-ring (bicyclic) bond motifs is 1. The maximum Gasteiger partial charge on any atom is -0.0105 e. The van der Waals surface area contributed by atoms with Gasteiger partial charge in [0.15, 0.2) is 0 Å². The molecule has 2 aromatic rings. The molecular weight excluding hydrogens is 240 g/mol. The van der Waals surface area contributed by atoms with E-state index < -0.39 is 0 Å². The van der Waals surface area contributed by atoms with Gasteiger partial charge in [0.25, 0.3) is 0 Å². The predicted molar refractivity (Wildman–Crippen MR) is 97.1 cm³/mol. The standard InChI is InChI=1S/C16H14.2C2H6/c1-5-13-11(3)15-9-7-8-10-16(15)12(4)14(13)6-2;2*1-2/h5-10H,1-4H2;2*1-2H3. The normalized spacial score (nSPS) is 8.80. The monoisotopic (exact) mass is 266 g/mol. The van der Waals surface area contributed by atoms with Crippen LogP contribution in [0.25, 0.3) is 36.1 Å². The molecule has 2 rings (SSSR count). The van der Waals surface area contributed by atoms with E-state index in [1.807, 2.05) is 52.0 Å². The van der Waals surface area contributed by atoms with E-state index in [9.17, 15) is 0 Å². The van der Waals surface area contributed by atoms with Crippen LogP contribution in [0.4, 0.5) is 0 Å². The molecular formula is C20H26. The van der Waals surface area contributed by atoms with Gasteiger partial charge in [-0.3, -0.25) is 0 Å². The Morgan fingerprint density at radius 3 is 1.25 bits per heavy atom. The molecule has 0 amide bonds. The highest BCUT2D eigenvalue weighted by Gasteiger charge is 2.04. The molecule has 2 aromatic carbocycles. The molecule has 0 nitrogen and oxygen atoms in total. The van der Waals surface area contributed by atoms with Crippen molar-refractivity contribution in [3.05, 3.63) is 59.0 Å². The first-order valence-corrected chi connectivity index (χ1v) is 7.18. The van der Waals surface area contributed by atoms with Gasteiger partial charge < -0.3 is 0 Å². The van der Waals surface area contributed by atoms with Crippen LogP contribution in [-0.4, -0.2) is 0 Å². The molecule has 0 saturated heterocycles. The van der Waals surface area contributed by atoms with Gasteiger partial charge in [0.1, 0.15) is 0 Å². The average molecular weight is 266 g/mol. The highest BCUT2D eigenvalue weighted by atomic mass is 14.1. The maximum atomic E-state index is 4.12. The van der Waals surface area contributed by atoms with Gasteiger partial charge in [-0.1, -0.05) is 90.4 Å². The lowest BCUT2D eigenvalue weighted by atomic mass is 9.96. The molecule has 0 heterocycles. The summed E-state index contributed by atoms with van der Waals surface area (Å²) in [6.45, 7) is 23.9. The Kier molecular flexibility index (Phi) is 8.00. The zero-order valence-electron chi connectivity index (χ0n) is 13.3. The van der Waals surface area contributed by atoms with E-state index in [1.54, 1.807) is 0 Å². The van der Waals surface area contributed by atoms with Gasteiger partial charge in [-0.2, -0.15) is 0 Å². The lowest BCUT2D eigenvalue weighted by molar-refractivity contribution is 1.50. The first-order chi connectivity index (χ1) is 9.70. The fourth-order valence-electron chi connectivity index (χ4n) is 2.09. The molecule has 0 N–H and O–H groups in total. The molecule has 20 heavy (non-hydrogen) atoms. The second-order valence-corrected chi connectivity index (χ2v) is 3.74. The molecule has 0 aromatic heterocycles. The molecule has 0 bridgehead atoms. The molecule has 0 aliphatic rings. The molecule has 0 unspecified atom stereocenters. The van der Waals surface area contributed by atoms with Gasteiger partial charge in [0, 0.05) is 0 Å². The summed E-state index contributed by atoms with van der Waals surface area (Å²) in [6, 6.07) is 8.15. The van der Waals surface area contributed by atoms with Crippen molar-refractivity contribution in [1.29, 1.82) is 0 Å². The Morgan fingerprint density at radius 2 is 1.00 bits per heavy atom. The minimum absolute atomic E-state index is 0.993. The fraction of sp³-hybridized carbons (Fsp3) is 0.200. The summed E-state index contributed by atoms with van der Waals surface area (Å²) in [5.74, 6) is 0. The SMILES string of the molecule is C=Cc1c(C=C)c(=C)c2ccccc2c1=C.CC.CC. The zero-order chi connectivity index (χ0) is 15.7. The third kappa shape index (κ3) is 3.27. The molecule has 106 valence electrons. The zero-order valence-corrected chi connectivity index (χ0v) is 13.3. The van der Waals surface area contributed by atoms with Crippen molar-refractivity contribution in [3.63, 3.8) is 0 Å². The van der Waals surface area contributed by atoms with Gasteiger partial charge in [-0.25, -0.2) is 0 Å². The second-order valence-electron chi connectivity index (χ2n) is 3.74. The molecule has 0 aliphatic carbocycles. The van der Waals surface area contributed by atoms with Crippen LogP contribution in [0.5, 0.6) is 0 Å². The van der Waals surface area contributed by atoms with Gasteiger partial charge in [0.2, 0.25) is 0 Å². The Labute approximate surface area is 123 Å². The van der Waals surface area contributed by atoms with Crippen molar-refractivity contribution >= 4 is 36.1 Å². The second kappa shape index (κ2) is 8.92. The summed E-state index contributed by atoms with van der Waals surface area (Å²) in [7, 11) is 0. The molecule has 0 heteroatoms. The summed E-state index contributed by atoms with van der Waals surface area (Å²) in [6.07, 6.45) is 3.64. The van der Waals surface area contributed by atoms with Gasteiger partial charge in [-0.15, -0.1) is 0 Å². The van der Waals surface area contributed by atoms with Crippen LogP contribution >= 0.6 is 0 Å². The third-order valence-corrected chi connectivity index (χ3v) is 2.93. The van der Waals surface area contributed by atoms with E-state index in [1.165, 1.54) is 0 Å². The summed E-state index contributed by atoms with van der Waals surface area (Å²) in [5, 5.41) is 4.25. The van der Waals surface area contributed by atoms with Crippen molar-refractivity contribution in [2.75, 3.05) is 0 Å². The first-order valence-electron chi connectivity index (χ1n) is 7.18. The lowest BCUT2D eigenvalue weighted by Gasteiger charge is -2.08. The van der Waals surface area contributed by atoms with Gasteiger partial charge in [-0.05, 0) is 32.3 Å². The van der Waals surface area contributed by atoms with Crippen molar-refractivity contribution in [1.82, 2.24) is 0 Å². The maximum absolute atomic E-state index is 4.12. The Balaban J connectivity index is 0.000000829. The van der Waals surface area contributed by atoms with E-state index in [0.717, 1.165) is 32.3 Å².